The minimum Gasteiger partial charge on any atom is -0.497 e. The van der Waals surface area contributed by atoms with Gasteiger partial charge >= 0.3 is 0 Å². The van der Waals surface area contributed by atoms with E-state index in [4.69, 9.17) is 10.3 Å². The minimum atomic E-state index is -0.433. The van der Waals surface area contributed by atoms with Gasteiger partial charge in [0, 0.05) is 11.3 Å². The first-order valence-corrected chi connectivity index (χ1v) is 5.87. The Labute approximate surface area is 110 Å². The molecule has 0 aliphatic carbocycles. The third-order valence-electron chi connectivity index (χ3n) is 2.90. The summed E-state index contributed by atoms with van der Waals surface area (Å²) in [6.07, 6.45) is 0.797. The van der Waals surface area contributed by atoms with Crippen LogP contribution in [-0.4, -0.2) is 13.0 Å². The molecule has 0 spiro atoms. The molecule has 0 radical (unpaired) electrons. The van der Waals surface area contributed by atoms with Crippen molar-refractivity contribution in [2.24, 2.45) is 5.11 Å². The van der Waals surface area contributed by atoms with E-state index in [2.05, 4.69) is 10.0 Å². The fraction of sp³-hybridized carbons (Fsp3) is 0.214. The average Bonchev–Trinajstić information content (AvgIpc) is 2.44. The summed E-state index contributed by atoms with van der Waals surface area (Å²) in [6, 6.07) is 11.8. The lowest BCUT2D eigenvalue weighted by Crippen LogP contribution is -1.95. The fourth-order valence-electron chi connectivity index (χ4n) is 1.91. The molecule has 0 heterocycles. The second kappa shape index (κ2) is 5.89. The number of benzene rings is 2. The highest BCUT2D eigenvalue weighted by Gasteiger charge is 2.02. The van der Waals surface area contributed by atoms with Crippen molar-refractivity contribution in [2.75, 3.05) is 7.11 Å². The highest BCUT2D eigenvalue weighted by atomic mass is 16.5. The number of rotatable bonds is 4. The Morgan fingerprint density at radius 1 is 1.26 bits per heavy atom. The molecule has 2 rings (SSSR count). The maximum Gasteiger partial charge on any atom is 0.219 e. The number of methoxy groups -OCH3 is 1. The van der Waals surface area contributed by atoms with Crippen LogP contribution in [0.4, 0.5) is 0 Å². The summed E-state index contributed by atoms with van der Waals surface area (Å²) in [5, 5.41) is 5.23. The zero-order chi connectivity index (χ0) is 13.7. The summed E-state index contributed by atoms with van der Waals surface area (Å²) in [5.74, 6) is 0.385. The quantitative estimate of drug-likeness (QED) is 0.475. The van der Waals surface area contributed by atoms with Crippen molar-refractivity contribution in [3.63, 3.8) is 0 Å². The van der Waals surface area contributed by atoms with Crippen LogP contribution in [0.15, 0.2) is 41.5 Å². The lowest BCUT2D eigenvalue weighted by atomic mass is 10.0. The largest absolute Gasteiger partial charge is 0.497 e. The molecule has 0 aliphatic rings. The van der Waals surface area contributed by atoms with E-state index in [1.807, 2.05) is 36.4 Å². The lowest BCUT2D eigenvalue weighted by Gasteiger charge is -2.05. The third-order valence-corrected chi connectivity index (χ3v) is 2.90. The first-order chi connectivity index (χ1) is 9.22. The van der Waals surface area contributed by atoms with Crippen molar-refractivity contribution >= 4 is 16.7 Å². The molecule has 0 aliphatic heterocycles. The summed E-state index contributed by atoms with van der Waals surface area (Å²) in [6.45, 7) is 0. The van der Waals surface area contributed by atoms with E-state index in [0.29, 0.717) is 6.42 Å². The smallest absolute Gasteiger partial charge is 0.219 e. The Balaban J connectivity index is 2.17. The number of nitrogens with zero attached hydrogens (tertiary/aromatic N) is 3. The molecular weight excluding hydrogens is 242 g/mol. The van der Waals surface area contributed by atoms with Crippen LogP contribution >= 0.6 is 0 Å². The molecule has 5 heteroatoms. The van der Waals surface area contributed by atoms with Gasteiger partial charge in [0.15, 0.2) is 0 Å². The normalized spacial score (nSPS) is 9.95. The summed E-state index contributed by atoms with van der Waals surface area (Å²) < 4.78 is 5.17. The number of azide groups is 1. The van der Waals surface area contributed by atoms with Gasteiger partial charge in [-0.1, -0.05) is 24.3 Å². The van der Waals surface area contributed by atoms with Gasteiger partial charge in [-0.05, 0) is 45.5 Å². The van der Waals surface area contributed by atoms with Gasteiger partial charge in [0.2, 0.25) is 5.91 Å². The molecule has 0 atom stereocenters. The van der Waals surface area contributed by atoms with E-state index in [-0.39, 0.29) is 6.42 Å². The molecular formula is C14H13N3O2. The Hall–Kier alpha value is -2.52. The number of ether oxygens (including phenoxy) is 1. The Morgan fingerprint density at radius 3 is 2.74 bits per heavy atom. The second-order valence-corrected chi connectivity index (χ2v) is 4.13. The van der Waals surface area contributed by atoms with Crippen LogP contribution in [0.1, 0.15) is 12.0 Å². The summed E-state index contributed by atoms with van der Waals surface area (Å²) in [7, 11) is 1.64. The molecule has 0 saturated carbocycles. The molecule has 0 fully saturated rings. The van der Waals surface area contributed by atoms with Crippen LogP contribution in [0.3, 0.4) is 0 Å². The standard InChI is InChI=1S/C14H13N3O2/c1-19-13-6-5-11-8-10(2-4-12(11)9-13)3-7-14(18)16-17-15/h2,4-6,8-9H,3,7H2,1H3. The summed E-state index contributed by atoms with van der Waals surface area (Å²) in [4.78, 5) is 13.6. The van der Waals surface area contributed by atoms with Gasteiger partial charge in [-0.2, -0.15) is 0 Å². The van der Waals surface area contributed by atoms with Crippen molar-refractivity contribution in [1.82, 2.24) is 0 Å². The monoisotopic (exact) mass is 255 g/mol. The van der Waals surface area contributed by atoms with Crippen LogP contribution in [0.2, 0.25) is 0 Å². The van der Waals surface area contributed by atoms with Crippen LogP contribution < -0.4 is 4.74 Å². The third kappa shape index (κ3) is 3.24. The van der Waals surface area contributed by atoms with Gasteiger partial charge in [0.25, 0.3) is 0 Å². The number of amides is 1. The topological polar surface area (TPSA) is 75.1 Å². The lowest BCUT2D eigenvalue weighted by molar-refractivity contribution is -0.117. The predicted octanol–water partition coefficient (Wildman–Crippen LogP) is 3.62. The molecule has 2 aromatic rings. The second-order valence-electron chi connectivity index (χ2n) is 4.13. The first kappa shape index (κ1) is 12.9. The SMILES string of the molecule is COc1ccc2cc(CCC(=O)N=[N+]=[N-])ccc2c1. The van der Waals surface area contributed by atoms with Crippen molar-refractivity contribution < 1.29 is 9.53 Å². The van der Waals surface area contributed by atoms with Gasteiger partial charge in [-0.3, -0.25) is 4.79 Å². The number of carbonyl (C=O) groups excluding carboxylic acids is 1. The molecule has 0 saturated heterocycles. The van der Waals surface area contributed by atoms with Crippen molar-refractivity contribution in [3.8, 4) is 5.75 Å². The van der Waals surface area contributed by atoms with Crippen LogP contribution in [0.25, 0.3) is 21.2 Å². The Bertz CT molecular complexity index is 661. The summed E-state index contributed by atoms with van der Waals surface area (Å²) in [5.41, 5.74) is 9.19. The van der Waals surface area contributed by atoms with E-state index in [9.17, 15) is 4.79 Å². The van der Waals surface area contributed by atoms with Gasteiger partial charge in [0.1, 0.15) is 5.75 Å². The van der Waals surface area contributed by atoms with E-state index in [0.717, 1.165) is 22.1 Å². The highest BCUT2D eigenvalue weighted by molar-refractivity contribution is 5.84. The van der Waals surface area contributed by atoms with Gasteiger partial charge in [0.05, 0.1) is 7.11 Å². The molecule has 0 unspecified atom stereocenters. The van der Waals surface area contributed by atoms with E-state index < -0.39 is 5.91 Å². The molecule has 1 amide bonds. The average molecular weight is 255 g/mol. The molecule has 0 aromatic heterocycles. The van der Waals surface area contributed by atoms with Gasteiger partial charge in [-0.25, -0.2) is 0 Å². The molecule has 5 nitrogen and oxygen atoms in total. The Kier molecular flexibility index (Phi) is 4.00. The molecule has 0 N–H and O–H groups in total. The van der Waals surface area contributed by atoms with Crippen molar-refractivity contribution in [1.29, 1.82) is 0 Å². The zero-order valence-corrected chi connectivity index (χ0v) is 10.5. The van der Waals surface area contributed by atoms with Crippen LogP contribution in [0, 0.1) is 0 Å². The maximum atomic E-state index is 11.1. The van der Waals surface area contributed by atoms with E-state index >= 15 is 0 Å². The van der Waals surface area contributed by atoms with Crippen LogP contribution in [0.5, 0.6) is 5.75 Å². The highest BCUT2D eigenvalue weighted by Crippen LogP contribution is 2.22. The van der Waals surface area contributed by atoms with Crippen molar-refractivity contribution in [2.45, 2.75) is 12.8 Å². The number of hydrogen-bond donors (Lipinski definition) is 0. The number of fused-ring (bicyclic) bond motifs is 1. The molecule has 19 heavy (non-hydrogen) atoms. The Morgan fingerprint density at radius 2 is 2.00 bits per heavy atom. The van der Waals surface area contributed by atoms with Gasteiger partial charge < -0.3 is 4.74 Å². The van der Waals surface area contributed by atoms with Crippen LogP contribution in [-0.2, 0) is 11.2 Å². The first-order valence-electron chi connectivity index (χ1n) is 5.87. The molecule has 96 valence electrons. The molecule has 0 bridgehead atoms. The zero-order valence-electron chi connectivity index (χ0n) is 10.5. The minimum absolute atomic E-state index is 0.228. The fourth-order valence-corrected chi connectivity index (χ4v) is 1.91. The van der Waals surface area contributed by atoms with Gasteiger partial charge in [-0.15, -0.1) is 0 Å². The van der Waals surface area contributed by atoms with Crippen molar-refractivity contribution in [3.05, 3.63) is 52.4 Å². The maximum absolute atomic E-state index is 11.1. The predicted molar refractivity (Wildman–Crippen MR) is 73.0 cm³/mol. The number of hydrogen-bond acceptors (Lipinski definition) is 2. The summed E-state index contributed by atoms with van der Waals surface area (Å²) >= 11 is 0. The molecule has 2 aromatic carbocycles. The number of carbonyl (C=O) groups is 1. The van der Waals surface area contributed by atoms with E-state index in [1.54, 1.807) is 7.11 Å². The van der Waals surface area contributed by atoms with E-state index in [1.165, 1.54) is 0 Å². The number of aryl methyl sites for hydroxylation is 1.